The first-order chi connectivity index (χ1) is 13.4. The third kappa shape index (κ3) is 7.18. The molecular formula is C21H30IN3O3S. The second-order valence-electron chi connectivity index (χ2n) is 6.56. The monoisotopic (exact) mass is 531 g/mol. The predicted molar refractivity (Wildman–Crippen MR) is 129 cm³/mol. The smallest absolute Gasteiger partial charge is 0.193 e. The molecule has 0 aliphatic heterocycles. The van der Waals surface area contributed by atoms with E-state index in [1.54, 1.807) is 38.4 Å². The Hall–Kier alpha value is -1.81. The van der Waals surface area contributed by atoms with Crippen LogP contribution in [0.2, 0.25) is 0 Å². The minimum atomic E-state index is -3.38. The van der Waals surface area contributed by atoms with Gasteiger partial charge in [0.15, 0.2) is 15.8 Å². The molecule has 2 rings (SSSR count). The molecule has 2 aromatic rings. The highest BCUT2D eigenvalue weighted by molar-refractivity contribution is 14.0. The van der Waals surface area contributed by atoms with E-state index in [1.807, 2.05) is 49.2 Å². The molecule has 0 aromatic heterocycles. The summed E-state index contributed by atoms with van der Waals surface area (Å²) >= 11 is 0. The lowest BCUT2D eigenvalue weighted by Gasteiger charge is -2.27. The molecule has 29 heavy (non-hydrogen) atoms. The number of sulfone groups is 1. The molecule has 0 aliphatic carbocycles. The molecule has 0 fully saturated rings. The minimum absolute atomic E-state index is 0. The summed E-state index contributed by atoms with van der Waals surface area (Å²) in [6.07, 6.45) is 0.660. The van der Waals surface area contributed by atoms with Crippen LogP contribution < -0.4 is 10.1 Å². The number of methoxy groups -OCH3 is 1. The van der Waals surface area contributed by atoms with Crippen molar-refractivity contribution in [3.63, 3.8) is 0 Å². The number of nitrogens with one attached hydrogen (secondary N) is 1. The van der Waals surface area contributed by atoms with Crippen molar-refractivity contribution in [2.45, 2.75) is 30.8 Å². The van der Waals surface area contributed by atoms with Crippen molar-refractivity contribution in [2.24, 2.45) is 4.99 Å². The molecule has 0 amide bonds. The van der Waals surface area contributed by atoms with Gasteiger partial charge in [0.25, 0.3) is 0 Å². The summed E-state index contributed by atoms with van der Waals surface area (Å²) < 4.78 is 30.8. The van der Waals surface area contributed by atoms with Gasteiger partial charge in [0.2, 0.25) is 0 Å². The van der Waals surface area contributed by atoms with Gasteiger partial charge >= 0.3 is 0 Å². The molecule has 0 spiro atoms. The quantitative estimate of drug-likeness (QED) is 0.321. The van der Waals surface area contributed by atoms with E-state index >= 15 is 0 Å². The molecule has 1 unspecified atom stereocenters. The van der Waals surface area contributed by atoms with Gasteiger partial charge in [-0.3, -0.25) is 4.99 Å². The van der Waals surface area contributed by atoms with Crippen molar-refractivity contribution >= 4 is 39.8 Å². The number of rotatable bonds is 8. The normalized spacial score (nSPS) is 12.6. The van der Waals surface area contributed by atoms with E-state index in [0.29, 0.717) is 23.8 Å². The zero-order valence-electron chi connectivity index (χ0n) is 17.3. The second kappa shape index (κ2) is 12.0. The van der Waals surface area contributed by atoms with E-state index in [2.05, 4.69) is 10.3 Å². The maximum absolute atomic E-state index is 12.7. The van der Waals surface area contributed by atoms with Crippen LogP contribution in [0.5, 0.6) is 5.75 Å². The van der Waals surface area contributed by atoms with Crippen molar-refractivity contribution in [3.05, 3.63) is 60.2 Å². The van der Waals surface area contributed by atoms with Crippen molar-refractivity contribution in [1.82, 2.24) is 10.2 Å². The Morgan fingerprint density at radius 3 is 2.34 bits per heavy atom. The molecule has 1 atom stereocenters. The van der Waals surface area contributed by atoms with E-state index in [9.17, 15) is 8.42 Å². The van der Waals surface area contributed by atoms with Crippen LogP contribution in [0.15, 0.2) is 64.5 Å². The summed E-state index contributed by atoms with van der Waals surface area (Å²) in [5.41, 5.74) is 1.03. The van der Waals surface area contributed by atoms with Gasteiger partial charge < -0.3 is 15.0 Å². The van der Waals surface area contributed by atoms with Gasteiger partial charge in [0, 0.05) is 32.2 Å². The van der Waals surface area contributed by atoms with E-state index < -0.39 is 9.84 Å². The fraction of sp³-hybridized carbons (Fsp3) is 0.381. The standard InChI is InChI=1S/C21H29N3O3S.HI/c1-5-18(16-28(25,26)19-12-7-6-8-13-19)23-21(22-2)24(3)15-17-11-9-10-14-20(17)27-4;/h6-14,18H,5,15-16H2,1-4H3,(H,22,23);1H. The Labute approximate surface area is 191 Å². The Morgan fingerprint density at radius 1 is 1.14 bits per heavy atom. The molecule has 8 heteroatoms. The minimum Gasteiger partial charge on any atom is -0.496 e. The summed E-state index contributed by atoms with van der Waals surface area (Å²) in [6.45, 7) is 2.55. The van der Waals surface area contributed by atoms with Crippen LogP contribution in [0.25, 0.3) is 0 Å². The summed E-state index contributed by atoms with van der Waals surface area (Å²) in [5.74, 6) is 1.46. The van der Waals surface area contributed by atoms with Crippen molar-refractivity contribution in [1.29, 1.82) is 0 Å². The molecular weight excluding hydrogens is 501 g/mol. The highest BCUT2D eigenvalue weighted by Gasteiger charge is 2.22. The first-order valence-electron chi connectivity index (χ1n) is 9.25. The first-order valence-corrected chi connectivity index (χ1v) is 10.9. The largest absolute Gasteiger partial charge is 0.496 e. The maximum Gasteiger partial charge on any atom is 0.193 e. The third-order valence-corrected chi connectivity index (χ3v) is 6.35. The number of hydrogen-bond acceptors (Lipinski definition) is 4. The Morgan fingerprint density at radius 2 is 1.76 bits per heavy atom. The molecule has 0 aliphatic rings. The fourth-order valence-corrected chi connectivity index (χ4v) is 4.56. The van der Waals surface area contributed by atoms with Crippen LogP contribution in [0.3, 0.4) is 0 Å². The number of ether oxygens (including phenoxy) is 1. The summed E-state index contributed by atoms with van der Waals surface area (Å²) in [4.78, 5) is 6.62. The van der Waals surface area contributed by atoms with E-state index in [0.717, 1.165) is 11.3 Å². The fourth-order valence-electron chi connectivity index (χ4n) is 2.94. The zero-order valence-corrected chi connectivity index (χ0v) is 20.5. The summed E-state index contributed by atoms with van der Waals surface area (Å²) in [6, 6.07) is 16.1. The maximum atomic E-state index is 12.7. The lowest BCUT2D eigenvalue weighted by atomic mass is 10.2. The number of aliphatic imine (C=N–C) groups is 1. The van der Waals surface area contributed by atoms with Crippen LogP contribution in [-0.2, 0) is 16.4 Å². The molecule has 6 nitrogen and oxygen atoms in total. The number of nitrogens with zero attached hydrogens (tertiary/aromatic N) is 2. The molecule has 0 saturated heterocycles. The van der Waals surface area contributed by atoms with Gasteiger partial charge in [0.1, 0.15) is 5.75 Å². The van der Waals surface area contributed by atoms with Crippen LogP contribution in [0, 0.1) is 0 Å². The molecule has 0 heterocycles. The molecule has 1 N–H and O–H groups in total. The Bertz CT molecular complexity index is 889. The van der Waals surface area contributed by atoms with Crippen LogP contribution in [-0.4, -0.2) is 52.3 Å². The van der Waals surface area contributed by atoms with Gasteiger partial charge in [-0.1, -0.05) is 43.3 Å². The molecule has 0 saturated carbocycles. The second-order valence-corrected chi connectivity index (χ2v) is 8.59. The number of benzene rings is 2. The Kier molecular flexibility index (Phi) is 10.5. The molecule has 2 aromatic carbocycles. The van der Waals surface area contributed by atoms with Gasteiger partial charge in [-0.05, 0) is 24.6 Å². The SMILES string of the molecule is CCC(CS(=O)(=O)c1ccccc1)NC(=NC)N(C)Cc1ccccc1OC.I. The topological polar surface area (TPSA) is 71.0 Å². The van der Waals surface area contributed by atoms with Crippen LogP contribution in [0.4, 0.5) is 0 Å². The van der Waals surface area contributed by atoms with Crippen molar-refractivity contribution < 1.29 is 13.2 Å². The highest BCUT2D eigenvalue weighted by Crippen LogP contribution is 2.19. The van der Waals surface area contributed by atoms with Crippen LogP contribution >= 0.6 is 24.0 Å². The number of halogens is 1. The van der Waals surface area contributed by atoms with E-state index in [-0.39, 0.29) is 35.8 Å². The zero-order chi connectivity index (χ0) is 20.6. The number of para-hydroxylation sites is 1. The molecule has 0 radical (unpaired) electrons. The van der Waals surface area contributed by atoms with Crippen LogP contribution in [0.1, 0.15) is 18.9 Å². The van der Waals surface area contributed by atoms with Gasteiger partial charge in [-0.25, -0.2) is 8.42 Å². The van der Waals surface area contributed by atoms with Gasteiger partial charge in [0.05, 0.1) is 17.8 Å². The third-order valence-electron chi connectivity index (χ3n) is 4.52. The molecule has 0 bridgehead atoms. The Balaban J connectivity index is 0.00000420. The van der Waals surface area contributed by atoms with E-state index in [1.165, 1.54) is 0 Å². The summed E-state index contributed by atoms with van der Waals surface area (Å²) in [5, 5.41) is 3.29. The highest BCUT2D eigenvalue weighted by atomic mass is 127. The van der Waals surface area contributed by atoms with E-state index in [4.69, 9.17) is 4.74 Å². The van der Waals surface area contributed by atoms with Crippen molar-refractivity contribution in [2.75, 3.05) is 27.0 Å². The van der Waals surface area contributed by atoms with Gasteiger partial charge in [-0.2, -0.15) is 0 Å². The van der Waals surface area contributed by atoms with Gasteiger partial charge in [-0.15, -0.1) is 24.0 Å². The lowest BCUT2D eigenvalue weighted by molar-refractivity contribution is 0.394. The summed E-state index contributed by atoms with van der Waals surface area (Å²) in [7, 11) is 1.88. The number of hydrogen-bond donors (Lipinski definition) is 1. The predicted octanol–water partition coefficient (Wildman–Crippen LogP) is 3.57. The van der Waals surface area contributed by atoms with Crippen molar-refractivity contribution in [3.8, 4) is 5.75 Å². The first kappa shape index (κ1) is 25.2. The molecule has 160 valence electrons. The lowest BCUT2D eigenvalue weighted by Crippen LogP contribution is -2.46. The average Bonchev–Trinajstić information content (AvgIpc) is 2.71. The average molecular weight is 531 g/mol. The number of guanidine groups is 1.